The average Bonchev–Trinajstić information content (AvgIpc) is 2.32. The molecule has 1 aliphatic heterocycles. The molecule has 0 aromatic heterocycles. The third-order valence-corrected chi connectivity index (χ3v) is 3.68. The van der Waals surface area contributed by atoms with Gasteiger partial charge < -0.3 is 9.84 Å². The summed E-state index contributed by atoms with van der Waals surface area (Å²) in [5.41, 5.74) is 0. The van der Waals surface area contributed by atoms with Gasteiger partial charge in [0.2, 0.25) is 0 Å². The Labute approximate surface area is 99.8 Å². The van der Waals surface area contributed by atoms with Crippen LogP contribution in [0.2, 0.25) is 0 Å². The molecule has 1 heterocycles. The zero-order chi connectivity index (χ0) is 11.8. The lowest BCUT2D eigenvalue weighted by molar-refractivity contribution is 0.0400. The molecule has 1 N–H and O–H groups in total. The van der Waals surface area contributed by atoms with Gasteiger partial charge in [0.1, 0.15) is 0 Å². The molecule has 0 spiro atoms. The number of nitrogens with zero attached hydrogens (tertiary/aromatic N) is 1. The SMILES string of the molecule is CCC(CC)N(CCO)CC1CCOCC1. The molecular weight excluding hydrogens is 202 g/mol. The Kier molecular flexibility index (Phi) is 7.01. The van der Waals surface area contributed by atoms with Crippen LogP contribution in [0.5, 0.6) is 0 Å². The number of aliphatic hydroxyl groups excluding tert-OH is 1. The predicted molar refractivity (Wildman–Crippen MR) is 66.6 cm³/mol. The summed E-state index contributed by atoms with van der Waals surface area (Å²) in [7, 11) is 0. The minimum atomic E-state index is 0.277. The molecule has 0 amide bonds. The Morgan fingerprint density at radius 2 is 1.88 bits per heavy atom. The fraction of sp³-hybridized carbons (Fsp3) is 1.00. The van der Waals surface area contributed by atoms with E-state index in [2.05, 4.69) is 18.7 Å². The largest absolute Gasteiger partial charge is 0.395 e. The van der Waals surface area contributed by atoms with Gasteiger partial charge in [0.05, 0.1) is 6.61 Å². The van der Waals surface area contributed by atoms with Gasteiger partial charge in [0.15, 0.2) is 0 Å². The van der Waals surface area contributed by atoms with Crippen molar-refractivity contribution in [2.24, 2.45) is 5.92 Å². The van der Waals surface area contributed by atoms with Crippen LogP contribution in [0.1, 0.15) is 39.5 Å². The minimum absolute atomic E-state index is 0.277. The van der Waals surface area contributed by atoms with Crippen molar-refractivity contribution in [1.82, 2.24) is 4.90 Å². The topological polar surface area (TPSA) is 32.7 Å². The summed E-state index contributed by atoms with van der Waals surface area (Å²) in [6, 6.07) is 0.634. The lowest BCUT2D eigenvalue weighted by Gasteiger charge is -2.34. The summed E-state index contributed by atoms with van der Waals surface area (Å²) in [5, 5.41) is 9.14. The van der Waals surface area contributed by atoms with E-state index in [0.29, 0.717) is 6.04 Å². The van der Waals surface area contributed by atoms with Crippen molar-refractivity contribution < 1.29 is 9.84 Å². The molecule has 96 valence electrons. The minimum Gasteiger partial charge on any atom is -0.395 e. The Bertz CT molecular complexity index is 165. The molecule has 16 heavy (non-hydrogen) atoms. The van der Waals surface area contributed by atoms with E-state index < -0.39 is 0 Å². The Hall–Kier alpha value is -0.120. The van der Waals surface area contributed by atoms with Gasteiger partial charge in [-0.25, -0.2) is 0 Å². The molecule has 0 unspecified atom stereocenters. The highest BCUT2D eigenvalue weighted by Gasteiger charge is 2.21. The van der Waals surface area contributed by atoms with Crippen molar-refractivity contribution in [3.05, 3.63) is 0 Å². The zero-order valence-corrected chi connectivity index (χ0v) is 10.8. The van der Waals surface area contributed by atoms with Crippen molar-refractivity contribution in [2.45, 2.75) is 45.6 Å². The Morgan fingerprint density at radius 3 is 2.38 bits per heavy atom. The normalized spacial score (nSPS) is 18.6. The van der Waals surface area contributed by atoms with Crippen LogP contribution in [0.25, 0.3) is 0 Å². The molecular formula is C13H27NO2. The summed E-state index contributed by atoms with van der Waals surface area (Å²) in [5.74, 6) is 0.765. The molecule has 0 atom stereocenters. The van der Waals surface area contributed by atoms with Gasteiger partial charge >= 0.3 is 0 Å². The van der Waals surface area contributed by atoms with E-state index >= 15 is 0 Å². The summed E-state index contributed by atoms with van der Waals surface area (Å²) in [6.07, 6.45) is 4.73. The summed E-state index contributed by atoms with van der Waals surface area (Å²) in [6.45, 7) is 8.55. The molecule has 0 saturated carbocycles. The fourth-order valence-electron chi connectivity index (χ4n) is 2.62. The van der Waals surface area contributed by atoms with E-state index in [1.165, 1.54) is 25.7 Å². The lowest BCUT2D eigenvalue weighted by atomic mass is 9.98. The highest BCUT2D eigenvalue weighted by molar-refractivity contribution is 4.74. The smallest absolute Gasteiger partial charge is 0.0558 e. The second-order valence-corrected chi connectivity index (χ2v) is 4.74. The molecule has 1 fully saturated rings. The standard InChI is InChI=1S/C13H27NO2/c1-3-13(4-2)14(7-8-15)11-12-5-9-16-10-6-12/h12-13,15H,3-11H2,1-2H3. The quantitative estimate of drug-likeness (QED) is 0.723. The van der Waals surface area contributed by atoms with Gasteiger partial charge in [-0.3, -0.25) is 4.90 Å². The van der Waals surface area contributed by atoms with Gasteiger partial charge in [0.25, 0.3) is 0 Å². The first-order valence-electron chi connectivity index (χ1n) is 6.74. The maximum Gasteiger partial charge on any atom is 0.0558 e. The maximum atomic E-state index is 9.14. The van der Waals surface area contributed by atoms with E-state index in [4.69, 9.17) is 9.84 Å². The van der Waals surface area contributed by atoms with Crippen molar-refractivity contribution >= 4 is 0 Å². The number of hydrogen-bond acceptors (Lipinski definition) is 3. The molecule has 0 bridgehead atoms. The van der Waals surface area contributed by atoms with E-state index in [1.807, 2.05) is 0 Å². The van der Waals surface area contributed by atoms with Crippen molar-refractivity contribution in [3.63, 3.8) is 0 Å². The van der Waals surface area contributed by atoms with Crippen molar-refractivity contribution in [2.75, 3.05) is 32.9 Å². The lowest BCUT2D eigenvalue weighted by Crippen LogP contribution is -2.41. The van der Waals surface area contributed by atoms with Gasteiger partial charge in [-0.15, -0.1) is 0 Å². The summed E-state index contributed by atoms with van der Waals surface area (Å²) in [4.78, 5) is 2.47. The zero-order valence-electron chi connectivity index (χ0n) is 10.8. The molecule has 3 heteroatoms. The van der Waals surface area contributed by atoms with Crippen LogP contribution in [-0.4, -0.2) is 49.0 Å². The fourth-order valence-corrected chi connectivity index (χ4v) is 2.62. The molecule has 1 rings (SSSR count). The monoisotopic (exact) mass is 229 g/mol. The second kappa shape index (κ2) is 8.04. The first kappa shape index (κ1) is 13.9. The van der Waals surface area contributed by atoms with Gasteiger partial charge in [-0.1, -0.05) is 13.8 Å². The molecule has 0 aromatic rings. The highest BCUT2D eigenvalue weighted by Crippen LogP contribution is 2.19. The summed E-state index contributed by atoms with van der Waals surface area (Å²) >= 11 is 0. The third-order valence-electron chi connectivity index (χ3n) is 3.68. The second-order valence-electron chi connectivity index (χ2n) is 4.74. The first-order chi connectivity index (χ1) is 7.81. The van der Waals surface area contributed by atoms with E-state index in [0.717, 1.165) is 32.2 Å². The molecule has 1 saturated heterocycles. The third kappa shape index (κ3) is 4.40. The van der Waals surface area contributed by atoms with Crippen LogP contribution >= 0.6 is 0 Å². The van der Waals surface area contributed by atoms with Crippen LogP contribution in [0.4, 0.5) is 0 Å². The first-order valence-corrected chi connectivity index (χ1v) is 6.74. The number of hydrogen-bond donors (Lipinski definition) is 1. The van der Waals surface area contributed by atoms with Crippen LogP contribution < -0.4 is 0 Å². The molecule has 1 aliphatic rings. The van der Waals surface area contributed by atoms with Crippen molar-refractivity contribution in [1.29, 1.82) is 0 Å². The van der Waals surface area contributed by atoms with E-state index in [9.17, 15) is 0 Å². The Morgan fingerprint density at radius 1 is 1.25 bits per heavy atom. The van der Waals surface area contributed by atoms with Crippen LogP contribution in [0.15, 0.2) is 0 Å². The van der Waals surface area contributed by atoms with E-state index in [-0.39, 0.29) is 6.61 Å². The number of rotatable bonds is 7. The number of ether oxygens (including phenoxy) is 1. The van der Waals surface area contributed by atoms with E-state index in [1.54, 1.807) is 0 Å². The maximum absolute atomic E-state index is 9.14. The molecule has 0 radical (unpaired) electrons. The predicted octanol–water partition coefficient (Wildman–Crippen LogP) is 1.90. The molecule has 3 nitrogen and oxygen atoms in total. The molecule has 0 aliphatic carbocycles. The van der Waals surface area contributed by atoms with Gasteiger partial charge in [0, 0.05) is 32.3 Å². The van der Waals surface area contributed by atoms with Gasteiger partial charge in [-0.05, 0) is 31.6 Å². The summed E-state index contributed by atoms with van der Waals surface area (Å²) < 4.78 is 5.39. The van der Waals surface area contributed by atoms with Crippen molar-refractivity contribution in [3.8, 4) is 0 Å². The van der Waals surface area contributed by atoms with Crippen LogP contribution in [0, 0.1) is 5.92 Å². The Balaban J connectivity index is 2.41. The highest BCUT2D eigenvalue weighted by atomic mass is 16.5. The van der Waals surface area contributed by atoms with Crippen LogP contribution in [-0.2, 0) is 4.74 Å². The van der Waals surface area contributed by atoms with Gasteiger partial charge in [-0.2, -0.15) is 0 Å². The average molecular weight is 229 g/mol. The molecule has 0 aromatic carbocycles. The van der Waals surface area contributed by atoms with Crippen LogP contribution in [0.3, 0.4) is 0 Å². The number of aliphatic hydroxyl groups is 1.